The summed E-state index contributed by atoms with van der Waals surface area (Å²) in [5.41, 5.74) is 2.81. The van der Waals surface area contributed by atoms with Crippen LogP contribution in [0, 0.1) is 6.92 Å². The van der Waals surface area contributed by atoms with E-state index >= 15 is 0 Å². The van der Waals surface area contributed by atoms with Crippen LogP contribution in [0.15, 0.2) is 42.5 Å². The highest BCUT2D eigenvalue weighted by molar-refractivity contribution is 6.31. The maximum absolute atomic E-state index is 12.1. The van der Waals surface area contributed by atoms with Crippen molar-refractivity contribution in [1.82, 2.24) is 0 Å². The molecule has 122 valence electrons. The molecule has 0 heterocycles. The van der Waals surface area contributed by atoms with E-state index in [1.54, 1.807) is 13.2 Å². The molecule has 3 N–H and O–H groups in total. The molecule has 0 spiro atoms. The van der Waals surface area contributed by atoms with Gasteiger partial charge in [-0.1, -0.05) is 29.8 Å². The number of anilines is 1. The molecule has 0 saturated heterocycles. The summed E-state index contributed by atoms with van der Waals surface area (Å²) < 4.78 is 5.36. The van der Waals surface area contributed by atoms with Crippen molar-refractivity contribution >= 4 is 23.2 Å². The minimum absolute atomic E-state index is 0.0582. The lowest BCUT2D eigenvalue weighted by atomic mass is 10.1. The number of para-hydroxylation sites is 1. The molecule has 2 aromatic carbocycles. The van der Waals surface area contributed by atoms with Crippen molar-refractivity contribution in [1.29, 1.82) is 0 Å². The van der Waals surface area contributed by atoms with E-state index in [-0.39, 0.29) is 11.9 Å². The zero-order valence-electron chi connectivity index (χ0n) is 13.6. The Hall–Kier alpha value is -2.04. The first-order valence-electron chi connectivity index (χ1n) is 7.53. The van der Waals surface area contributed by atoms with Crippen molar-refractivity contribution < 1.29 is 14.8 Å². The fourth-order valence-electron chi connectivity index (χ4n) is 2.38. The normalized spacial score (nSPS) is 11.8. The summed E-state index contributed by atoms with van der Waals surface area (Å²) in [7, 11) is 1.65. The van der Waals surface area contributed by atoms with Crippen LogP contribution in [0.25, 0.3) is 0 Å². The smallest absolute Gasteiger partial charge is 0.279 e. The van der Waals surface area contributed by atoms with Crippen LogP contribution in [0.1, 0.15) is 24.1 Å². The molecule has 2 aromatic rings. The first-order valence-corrected chi connectivity index (χ1v) is 7.91. The van der Waals surface area contributed by atoms with Crippen LogP contribution in [-0.2, 0) is 4.79 Å². The molecule has 4 nitrogen and oxygen atoms in total. The fraction of sp³-hybridized carbons (Fsp3) is 0.278. The summed E-state index contributed by atoms with van der Waals surface area (Å²) in [5.74, 6) is 0.777. The number of nitrogens with two attached hydrogens (primary N) is 1. The lowest BCUT2D eigenvalue weighted by Crippen LogP contribution is -2.86. The van der Waals surface area contributed by atoms with Gasteiger partial charge in [0, 0.05) is 10.7 Å². The maximum Gasteiger partial charge on any atom is 0.279 e. The topological polar surface area (TPSA) is 54.9 Å². The molecule has 0 saturated carbocycles. The van der Waals surface area contributed by atoms with Gasteiger partial charge in [-0.15, -0.1) is 0 Å². The van der Waals surface area contributed by atoms with E-state index in [1.807, 2.05) is 48.6 Å². The number of quaternary nitrogens is 1. The van der Waals surface area contributed by atoms with Crippen LogP contribution in [-0.4, -0.2) is 19.6 Å². The second-order valence-corrected chi connectivity index (χ2v) is 5.91. The Morgan fingerprint density at radius 2 is 2.04 bits per heavy atom. The Morgan fingerprint density at radius 3 is 2.78 bits per heavy atom. The highest BCUT2D eigenvalue weighted by Crippen LogP contribution is 2.22. The van der Waals surface area contributed by atoms with Gasteiger partial charge in [-0.3, -0.25) is 4.79 Å². The average Bonchev–Trinajstić information content (AvgIpc) is 2.56. The van der Waals surface area contributed by atoms with Gasteiger partial charge in [0.25, 0.3) is 5.91 Å². The first kappa shape index (κ1) is 17.3. The number of rotatable bonds is 6. The third-order valence-electron chi connectivity index (χ3n) is 3.76. The number of nitrogens with one attached hydrogen (secondary N) is 1. The number of carbonyl (C=O) groups is 1. The molecule has 0 bridgehead atoms. The molecule has 0 radical (unpaired) electrons. The van der Waals surface area contributed by atoms with Gasteiger partial charge in [0.05, 0.1) is 12.7 Å². The number of halogens is 1. The zero-order valence-corrected chi connectivity index (χ0v) is 14.4. The molecular formula is C18H22ClN2O2+. The quantitative estimate of drug-likeness (QED) is 0.854. The number of hydrogen-bond donors (Lipinski definition) is 2. The number of benzene rings is 2. The van der Waals surface area contributed by atoms with E-state index in [0.29, 0.717) is 11.6 Å². The van der Waals surface area contributed by atoms with E-state index in [4.69, 9.17) is 16.3 Å². The number of ether oxygens (including phenoxy) is 1. The fourth-order valence-corrected chi connectivity index (χ4v) is 2.56. The summed E-state index contributed by atoms with van der Waals surface area (Å²) in [4.78, 5) is 12.1. The molecule has 0 aliphatic rings. The first-order chi connectivity index (χ1) is 11.0. The van der Waals surface area contributed by atoms with Gasteiger partial charge in [0.1, 0.15) is 11.8 Å². The highest BCUT2D eigenvalue weighted by atomic mass is 35.5. The van der Waals surface area contributed by atoms with Crippen molar-refractivity contribution in [2.24, 2.45) is 0 Å². The lowest BCUT2D eigenvalue weighted by Gasteiger charge is -2.14. The summed E-state index contributed by atoms with van der Waals surface area (Å²) in [6.45, 7) is 4.31. The molecule has 0 aliphatic heterocycles. The minimum atomic E-state index is -0.0582. The van der Waals surface area contributed by atoms with E-state index in [9.17, 15) is 4.79 Å². The predicted molar refractivity (Wildman–Crippen MR) is 93.0 cm³/mol. The standard InChI is InChI=1S/C18H21ClN2O2/c1-12-8-9-14(19)10-16(12)21-18(22)11-20-13(2)15-6-4-5-7-17(15)23-3/h4-10,13,20H,11H2,1-3H3,(H,21,22)/p+1/t13-/m0/s1. The van der Waals surface area contributed by atoms with Gasteiger partial charge in [-0.05, 0) is 43.7 Å². The van der Waals surface area contributed by atoms with Gasteiger partial charge < -0.3 is 15.4 Å². The second-order valence-electron chi connectivity index (χ2n) is 5.48. The largest absolute Gasteiger partial charge is 0.496 e. The van der Waals surface area contributed by atoms with E-state index in [1.165, 1.54) is 0 Å². The number of hydrogen-bond acceptors (Lipinski definition) is 2. The van der Waals surface area contributed by atoms with Gasteiger partial charge in [-0.25, -0.2) is 0 Å². The van der Waals surface area contributed by atoms with Crippen LogP contribution >= 0.6 is 11.6 Å². The summed E-state index contributed by atoms with van der Waals surface area (Å²) in [6, 6.07) is 13.4. The lowest BCUT2D eigenvalue weighted by molar-refractivity contribution is -0.682. The summed E-state index contributed by atoms with van der Waals surface area (Å²) >= 11 is 5.97. The Bertz CT molecular complexity index is 688. The molecule has 1 atom stereocenters. The van der Waals surface area contributed by atoms with Gasteiger partial charge in [0.2, 0.25) is 0 Å². The van der Waals surface area contributed by atoms with Crippen LogP contribution in [0.3, 0.4) is 0 Å². The molecule has 23 heavy (non-hydrogen) atoms. The second kappa shape index (κ2) is 7.99. The Labute approximate surface area is 141 Å². The van der Waals surface area contributed by atoms with Crippen molar-refractivity contribution in [3.63, 3.8) is 0 Å². The van der Waals surface area contributed by atoms with Gasteiger partial charge >= 0.3 is 0 Å². The zero-order chi connectivity index (χ0) is 16.8. The van der Waals surface area contributed by atoms with Gasteiger partial charge in [-0.2, -0.15) is 0 Å². The average molecular weight is 334 g/mol. The van der Waals surface area contributed by atoms with Crippen molar-refractivity contribution in [3.8, 4) is 5.75 Å². The molecule has 0 unspecified atom stereocenters. The highest BCUT2D eigenvalue weighted by Gasteiger charge is 2.15. The molecular weight excluding hydrogens is 312 g/mol. The van der Waals surface area contributed by atoms with E-state index in [0.717, 1.165) is 22.6 Å². The van der Waals surface area contributed by atoms with Crippen LogP contribution in [0.2, 0.25) is 5.02 Å². The molecule has 0 fully saturated rings. The number of carbonyl (C=O) groups excluding carboxylic acids is 1. The van der Waals surface area contributed by atoms with Crippen LogP contribution in [0.5, 0.6) is 5.75 Å². The van der Waals surface area contributed by atoms with E-state index in [2.05, 4.69) is 12.2 Å². The van der Waals surface area contributed by atoms with Gasteiger partial charge in [0.15, 0.2) is 6.54 Å². The maximum atomic E-state index is 12.1. The van der Waals surface area contributed by atoms with E-state index < -0.39 is 0 Å². The van der Waals surface area contributed by atoms with Crippen LogP contribution < -0.4 is 15.4 Å². The van der Waals surface area contributed by atoms with Crippen molar-refractivity contribution in [3.05, 3.63) is 58.6 Å². The summed E-state index contributed by atoms with van der Waals surface area (Å²) in [5, 5.41) is 5.49. The van der Waals surface area contributed by atoms with Crippen molar-refractivity contribution in [2.75, 3.05) is 19.0 Å². The molecule has 0 aliphatic carbocycles. The summed E-state index contributed by atoms with van der Waals surface area (Å²) in [6.07, 6.45) is 0. The third kappa shape index (κ3) is 4.71. The molecule has 5 heteroatoms. The predicted octanol–water partition coefficient (Wildman–Crippen LogP) is 2.92. The Balaban J connectivity index is 1.95. The number of aryl methyl sites for hydroxylation is 1. The molecule has 1 amide bonds. The van der Waals surface area contributed by atoms with Crippen LogP contribution in [0.4, 0.5) is 5.69 Å². The number of amides is 1. The monoisotopic (exact) mass is 333 g/mol. The number of methoxy groups -OCH3 is 1. The SMILES string of the molecule is COc1ccccc1[C@H](C)[NH2+]CC(=O)Nc1cc(Cl)ccc1C. The van der Waals surface area contributed by atoms with Crippen molar-refractivity contribution in [2.45, 2.75) is 19.9 Å². The minimum Gasteiger partial charge on any atom is -0.496 e. The Morgan fingerprint density at radius 1 is 1.30 bits per heavy atom. The molecule has 2 rings (SSSR count). The third-order valence-corrected chi connectivity index (χ3v) is 4.00. The Kier molecular flexibility index (Phi) is 6.02. The molecule has 0 aromatic heterocycles.